The van der Waals surface area contributed by atoms with Crippen LogP contribution in [0.1, 0.15) is 44.6 Å². The summed E-state index contributed by atoms with van der Waals surface area (Å²) < 4.78 is 44.9. The zero-order valence-electron chi connectivity index (χ0n) is 20.9. The van der Waals surface area contributed by atoms with E-state index in [2.05, 4.69) is 10.3 Å². The van der Waals surface area contributed by atoms with Crippen molar-refractivity contribution in [2.24, 2.45) is 0 Å². The van der Waals surface area contributed by atoms with Gasteiger partial charge in [-0.1, -0.05) is 36.4 Å². The Balaban J connectivity index is 1.57. The van der Waals surface area contributed by atoms with Crippen LogP contribution in [0, 0.1) is 0 Å². The summed E-state index contributed by atoms with van der Waals surface area (Å²) >= 11 is 0. The molecular formula is C30H24F3N3O3. The van der Waals surface area contributed by atoms with Crippen LogP contribution in [0.2, 0.25) is 0 Å². The number of rotatable bonds is 6. The molecule has 3 aromatic carbocycles. The third kappa shape index (κ3) is 5.20. The lowest BCUT2D eigenvalue weighted by Crippen LogP contribution is -2.47. The number of alkyl halides is 3. The Bertz CT molecular complexity index is 1490. The molecule has 0 unspecified atom stereocenters. The van der Waals surface area contributed by atoms with Crippen LogP contribution in [-0.2, 0) is 17.5 Å². The molecule has 2 heterocycles. The topological polar surface area (TPSA) is 71.5 Å². The predicted molar refractivity (Wildman–Crippen MR) is 139 cm³/mol. The molecule has 0 aliphatic carbocycles. The molecule has 0 saturated heterocycles. The van der Waals surface area contributed by atoms with E-state index in [1.807, 2.05) is 0 Å². The van der Waals surface area contributed by atoms with E-state index in [1.165, 1.54) is 12.1 Å². The zero-order valence-corrected chi connectivity index (χ0v) is 20.9. The van der Waals surface area contributed by atoms with Crippen LogP contribution in [0.25, 0.3) is 0 Å². The van der Waals surface area contributed by atoms with Crippen molar-refractivity contribution in [2.75, 3.05) is 12.0 Å². The van der Waals surface area contributed by atoms with Crippen molar-refractivity contribution >= 4 is 17.5 Å². The van der Waals surface area contributed by atoms with Gasteiger partial charge >= 0.3 is 6.18 Å². The van der Waals surface area contributed by atoms with Crippen LogP contribution in [0.4, 0.5) is 18.9 Å². The molecule has 6 nitrogen and oxygen atoms in total. The lowest BCUT2D eigenvalue weighted by Gasteiger charge is -2.41. The number of nitrogens with one attached hydrogen (secondary N) is 1. The van der Waals surface area contributed by atoms with E-state index in [4.69, 9.17) is 4.74 Å². The van der Waals surface area contributed by atoms with Crippen LogP contribution in [0.5, 0.6) is 5.75 Å². The molecule has 1 aromatic heterocycles. The van der Waals surface area contributed by atoms with Gasteiger partial charge in [-0.25, -0.2) is 0 Å². The Morgan fingerprint density at radius 1 is 1.00 bits per heavy atom. The highest BCUT2D eigenvalue weighted by Gasteiger charge is 2.45. The molecule has 0 saturated carbocycles. The Kier molecular flexibility index (Phi) is 7.06. The second kappa shape index (κ2) is 10.6. The van der Waals surface area contributed by atoms with Crippen molar-refractivity contribution in [2.45, 2.75) is 24.7 Å². The van der Waals surface area contributed by atoms with Gasteiger partial charge in [0.25, 0.3) is 5.91 Å². The number of fused-ring (bicyclic) bond motifs is 1. The van der Waals surface area contributed by atoms with Crippen LogP contribution < -0.4 is 15.0 Å². The van der Waals surface area contributed by atoms with E-state index in [-0.39, 0.29) is 12.5 Å². The summed E-state index contributed by atoms with van der Waals surface area (Å²) in [5.41, 5.74) is 1.61. The Morgan fingerprint density at radius 2 is 1.77 bits per heavy atom. The summed E-state index contributed by atoms with van der Waals surface area (Å²) in [6.07, 6.45) is -1.29. The Hall–Kier alpha value is -4.66. The van der Waals surface area contributed by atoms with E-state index in [9.17, 15) is 22.8 Å². The number of carbonyl (C=O) groups is 2. The highest BCUT2D eigenvalue weighted by molar-refractivity contribution is 6.11. The molecule has 9 heteroatoms. The van der Waals surface area contributed by atoms with Gasteiger partial charge in [-0.05, 0) is 65.2 Å². The van der Waals surface area contributed by atoms with Crippen LogP contribution in [0.15, 0.2) is 97.3 Å². The number of pyridine rings is 1. The monoisotopic (exact) mass is 531 g/mol. The maximum Gasteiger partial charge on any atom is 0.416 e. The number of amides is 2. The molecule has 4 aromatic rings. The Labute approximate surface area is 223 Å². The summed E-state index contributed by atoms with van der Waals surface area (Å²) in [7, 11) is 1.54. The van der Waals surface area contributed by atoms with Crippen molar-refractivity contribution in [3.8, 4) is 5.75 Å². The molecule has 1 N–H and O–H groups in total. The van der Waals surface area contributed by atoms with Gasteiger partial charge in [0.2, 0.25) is 5.91 Å². The van der Waals surface area contributed by atoms with Crippen molar-refractivity contribution in [1.82, 2.24) is 10.3 Å². The number of halogens is 3. The molecule has 1 aliphatic rings. The molecule has 1 aliphatic heterocycles. The fourth-order valence-corrected chi connectivity index (χ4v) is 4.89. The molecule has 0 radical (unpaired) electrons. The van der Waals surface area contributed by atoms with E-state index in [1.54, 1.807) is 85.1 Å². The first-order valence-corrected chi connectivity index (χ1v) is 12.2. The normalized spacial score (nSPS) is 16.9. The summed E-state index contributed by atoms with van der Waals surface area (Å²) in [5, 5.41) is 2.81. The largest absolute Gasteiger partial charge is 0.497 e. The van der Waals surface area contributed by atoms with Gasteiger partial charge in [0.05, 0.1) is 24.6 Å². The van der Waals surface area contributed by atoms with Gasteiger partial charge in [0.15, 0.2) is 0 Å². The molecule has 0 bridgehead atoms. The quantitative estimate of drug-likeness (QED) is 0.336. The average Bonchev–Trinajstić information content (AvgIpc) is 2.96. The molecular weight excluding hydrogens is 507 g/mol. The second-order valence-corrected chi connectivity index (χ2v) is 9.09. The highest BCUT2D eigenvalue weighted by atomic mass is 19.4. The predicted octanol–water partition coefficient (Wildman–Crippen LogP) is 5.91. The molecule has 2 amide bonds. The SMILES string of the molecule is COc1ccc(N2C(=O)c3ccccc3[C@@H](C(=O)NCc3cccc(C(F)(F)F)c3)[C@H]2c2cccnc2)cc1. The van der Waals surface area contributed by atoms with E-state index < -0.39 is 29.6 Å². The maximum atomic E-state index is 13.9. The van der Waals surface area contributed by atoms with Gasteiger partial charge < -0.3 is 10.1 Å². The van der Waals surface area contributed by atoms with Crippen LogP contribution in [-0.4, -0.2) is 23.9 Å². The second-order valence-electron chi connectivity index (χ2n) is 9.09. The van der Waals surface area contributed by atoms with Crippen molar-refractivity contribution in [3.05, 3.63) is 125 Å². The molecule has 5 rings (SSSR count). The number of methoxy groups -OCH3 is 1. The standard InChI is InChI=1S/C30H24F3N3O3/c1-39-23-13-11-22(12-14-23)36-27(20-7-5-15-34-18-20)26(24-9-2-3-10-25(24)29(36)38)28(37)35-17-19-6-4-8-21(16-19)30(31,32)33/h2-16,18,26-27H,17H2,1H3,(H,35,37)/t26-,27-/m1/s1. The van der Waals surface area contributed by atoms with Gasteiger partial charge in [0.1, 0.15) is 5.75 Å². The fraction of sp³-hybridized carbons (Fsp3) is 0.167. The lowest BCUT2D eigenvalue weighted by atomic mass is 9.79. The molecule has 39 heavy (non-hydrogen) atoms. The van der Waals surface area contributed by atoms with E-state index in [0.29, 0.717) is 33.7 Å². The van der Waals surface area contributed by atoms with Gasteiger partial charge in [-0.2, -0.15) is 13.2 Å². The summed E-state index contributed by atoms with van der Waals surface area (Å²) in [6, 6.07) is 21.4. The van der Waals surface area contributed by atoms with Gasteiger partial charge in [-0.15, -0.1) is 0 Å². The third-order valence-electron chi connectivity index (χ3n) is 6.72. The summed E-state index contributed by atoms with van der Waals surface area (Å²) in [4.78, 5) is 33.5. The van der Waals surface area contributed by atoms with Gasteiger partial charge in [0, 0.05) is 30.2 Å². The first-order chi connectivity index (χ1) is 18.8. The number of ether oxygens (including phenoxy) is 1. The Morgan fingerprint density at radius 3 is 2.46 bits per heavy atom. The van der Waals surface area contributed by atoms with Crippen molar-refractivity contribution in [1.29, 1.82) is 0 Å². The van der Waals surface area contributed by atoms with Crippen molar-refractivity contribution in [3.63, 3.8) is 0 Å². The smallest absolute Gasteiger partial charge is 0.416 e. The fourth-order valence-electron chi connectivity index (χ4n) is 4.89. The number of benzene rings is 3. The molecule has 198 valence electrons. The number of anilines is 1. The van der Waals surface area contributed by atoms with E-state index >= 15 is 0 Å². The zero-order chi connectivity index (χ0) is 27.6. The molecule has 0 spiro atoms. The minimum atomic E-state index is -4.49. The lowest BCUT2D eigenvalue weighted by molar-refractivity contribution is -0.137. The summed E-state index contributed by atoms with van der Waals surface area (Å²) in [5.74, 6) is -0.973. The number of hydrogen-bond acceptors (Lipinski definition) is 4. The number of carbonyl (C=O) groups excluding carboxylic acids is 2. The number of hydrogen-bond donors (Lipinski definition) is 1. The highest BCUT2D eigenvalue weighted by Crippen LogP contribution is 2.45. The molecule has 0 fully saturated rings. The van der Waals surface area contributed by atoms with Crippen LogP contribution >= 0.6 is 0 Å². The summed E-state index contributed by atoms with van der Waals surface area (Å²) in [6.45, 7) is -0.113. The van der Waals surface area contributed by atoms with Crippen LogP contribution in [0.3, 0.4) is 0 Å². The number of aromatic nitrogens is 1. The first kappa shape index (κ1) is 26.0. The molecule has 2 atom stereocenters. The first-order valence-electron chi connectivity index (χ1n) is 12.2. The minimum Gasteiger partial charge on any atom is -0.497 e. The van der Waals surface area contributed by atoms with E-state index in [0.717, 1.165) is 12.1 Å². The maximum absolute atomic E-state index is 13.9. The number of nitrogens with zero attached hydrogens (tertiary/aromatic N) is 2. The average molecular weight is 532 g/mol. The minimum absolute atomic E-state index is 0.113. The van der Waals surface area contributed by atoms with Crippen molar-refractivity contribution < 1.29 is 27.5 Å². The van der Waals surface area contributed by atoms with Gasteiger partial charge in [-0.3, -0.25) is 19.5 Å². The third-order valence-corrected chi connectivity index (χ3v) is 6.72.